The fourth-order valence-electron chi connectivity index (χ4n) is 2.23. The Hall–Kier alpha value is -0.280. The molecule has 0 amide bonds. The van der Waals surface area contributed by atoms with Crippen LogP contribution in [-0.2, 0) is 0 Å². The van der Waals surface area contributed by atoms with Crippen molar-refractivity contribution in [3.05, 3.63) is 33.8 Å². The van der Waals surface area contributed by atoms with E-state index in [1.54, 1.807) is 6.07 Å². The van der Waals surface area contributed by atoms with Crippen LogP contribution in [0.15, 0.2) is 18.2 Å². The van der Waals surface area contributed by atoms with Crippen molar-refractivity contribution in [1.82, 2.24) is 4.90 Å². The second-order valence-corrected chi connectivity index (χ2v) is 5.63. The van der Waals surface area contributed by atoms with E-state index in [1.165, 1.54) is 6.42 Å². The third-order valence-corrected chi connectivity index (χ3v) is 3.82. The van der Waals surface area contributed by atoms with Gasteiger partial charge in [0, 0.05) is 28.7 Å². The largest absolute Gasteiger partial charge is 0.329 e. The summed E-state index contributed by atoms with van der Waals surface area (Å²) in [7, 11) is 2.10. The fourth-order valence-corrected chi connectivity index (χ4v) is 2.78. The molecular formula is C14H22Cl2N2. The summed E-state index contributed by atoms with van der Waals surface area (Å²) in [5.41, 5.74) is 7.00. The third kappa shape index (κ3) is 4.13. The minimum Gasteiger partial charge on any atom is -0.329 e. The molecule has 102 valence electrons. The smallest absolute Gasteiger partial charge is 0.0471 e. The van der Waals surface area contributed by atoms with E-state index < -0.39 is 0 Å². The highest BCUT2D eigenvalue weighted by Gasteiger charge is 2.20. The highest BCUT2D eigenvalue weighted by Crippen LogP contribution is 2.27. The van der Waals surface area contributed by atoms with Gasteiger partial charge in [-0.3, -0.25) is 4.90 Å². The van der Waals surface area contributed by atoms with Crippen LogP contribution in [0.25, 0.3) is 0 Å². The van der Waals surface area contributed by atoms with Crippen LogP contribution in [0.4, 0.5) is 0 Å². The number of nitrogens with zero attached hydrogens (tertiary/aromatic N) is 1. The van der Waals surface area contributed by atoms with Crippen molar-refractivity contribution in [1.29, 1.82) is 0 Å². The molecule has 2 nitrogen and oxygen atoms in total. The van der Waals surface area contributed by atoms with Crippen LogP contribution in [0.5, 0.6) is 0 Å². The molecular weight excluding hydrogens is 267 g/mol. The van der Waals surface area contributed by atoms with Gasteiger partial charge in [-0.1, -0.05) is 36.5 Å². The molecule has 0 spiro atoms. The standard InChI is InChI=1S/C14H22Cl2N2/c1-4-5-10(2)18(3)14(9-17)11-6-12(15)8-13(16)7-11/h6-8,10,14H,4-5,9,17H2,1-3H3. The summed E-state index contributed by atoms with van der Waals surface area (Å²) in [4.78, 5) is 2.30. The molecule has 2 N–H and O–H groups in total. The lowest BCUT2D eigenvalue weighted by molar-refractivity contribution is 0.180. The topological polar surface area (TPSA) is 29.3 Å². The molecule has 0 aliphatic rings. The second-order valence-electron chi connectivity index (χ2n) is 4.76. The first-order chi connectivity index (χ1) is 8.49. The van der Waals surface area contributed by atoms with Crippen molar-refractivity contribution in [2.75, 3.05) is 13.6 Å². The summed E-state index contributed by atoms with van der Waals surface area (Å²) in [5, 5.41) is 1.32. The summed E-state index contributed by atoms with van der Waals surface area (Å²) in [5.74, 6) is 0. The predicted molar refractivity (Wildman–Crippen MR) is 80.4 cm³/mol. The van der Waals surface area contributed by atoms with Gasteiger partial charge in [0.1, 0.15) is 0 Å². The zero-order valence-corrected chi connectivity index (χ0v) is 12.8. The van der Waals surface area contributed by atoms with Gasteiger partial charge in [0.2, 0.25) is 0 Å². The molecule has 1 rings (SSSR count). The van der Waals surface area contributed by atoms with Gasteiger partial charge in [0.15, 0.2) is 0 Å². The molecule has 0 bridgehead atoms. The van der Waals surface area contributed by atoms with Crippen LogP contribution < -0.4 is 5.73 Å². The van der Waals surface area contributed by atoms with E-state index >= 15 is 0 Å². The number of halogens is 2. The van der Waals surface area contributed by atoms with Crippen LogP contribution >= 0.6 is 23.2 Å². The average Bonchev–Trinajstić information content (AvgIpc) is 2.28. The zero-order chi connectivity index (χ0) is 13.7. The van der Waals surface area contributed by atoms with Crippen molar-refractivity contribution in [2.24, 2.45) is 5.73 Å². The lowest BCUT2D eigenvalue weighted by atomic mass is 10.0. The SMILES string of the molecule is CCCC(C)N(C)C(CN)c1cc(Cl)cc(Cl)c1. The normalized spacial score (nSPS) is 14.8. The van der Waals surface area contributed by atoms with Gasteiger partial charge in [0.25, 0.3) is 0 Å². The van der Waals surface area contributed by atoms with E-state index in [9.17, 15) is 0 Å². The van der Waals surface area contributed by atoms with Gasteiger partial charge in [-0.25, -0.2) is 0 Å². The Morgan fingerprint density at radius 3 is 2.22 bits per heavy atom. The number of nitrogens with two attached hydrogens (primary N) is 1. The van der Waals surface area contributed by atoms with Crippen molar-refractivity contribution < 1.29 is 0 Å². The Bertz CT molecular complexity index is 362. The Kier molecular flexibility index (Phi) is 6.44. The molecule has 18 heavy (non-hydrogen) atoms. The zero-order valence-electron chi connectivity index (χ0n) is 11.3. The van der Waals surface area contributed by atoms with Crippen LogP contribution in [-0.4, -0.2) is 24.5 Å². The Balaban J connectivity index is 2.94. The van der Waals surface area contributed by atoms with Gasteiger partial charge in [-0.05, 0) is 44.2 Å². The minimum atomic E-state index is 0.155. The average molecular weight is 289 g/mol. The molecule has 0 saturated carbocycles. The van der Waals surface area contributed by atoms with Crippen LogP contribution in [0.3, 0.4) is 0 Å². The van der Waals surface area contributed by atoms with E-state index in [1.807, 2.05) is 12.1 Å². The second kappa shape index (κ2) is 7.34. The molecule has 0 radical (unpaired) electrons. The summed E-state index contributed by atoms with van der Waals surface area (Å²) in [6.07, 6.45) is 2.32. The maximum Gasteiger partial charge on any atom is 0.0471 e. The van der Waals surface area contributed by atoms with Crippen LogP contribution in [0.1, 0.15) is 38.3 Å². The molecule has 2 atom stereocenters. The first-order valence-electron chi connectivity index (χ1n) is 6.37. The van der Waals surface area contributed by atoms with Gasteiger partial charge >= 0.3 is 0 Å². The maximum atomic E-state index is 6.05. The van der Waals surface area contributed by atoms with Gasteiger partial charge < -0.3 is 5.73 Å². The molecule has 0 saturated heterocycles. The number of benzene rings is 1. The van der Waals surface area contributed by atoms with E-state index in [-0.39, 0.29) is 6.04 Å². The monoisotopic (exact) mass is 288 g/mol. The highest BCUT2D eigenvalue weighted by atomic mass is 35.5. The number of hydrogen-bond donors (Lipinski definition) is 1. The predicted octanol–water partition coefficient (Wildman–Crippen LogP) is 4.11. The van der Waals surface area contributed by atoms with Crippen LogP contribution in [0.2, 0.25) is 10.0 Å². The van der Waals surface area contributed by atoms with Crippen molar-refractivity contribution in [3.63, 3.8) is 0 Å². The van der Waals surface area contributed by atoms with E-state index in [2.05, 4.69) is 25.8 Å². The van der Waals surface area contributed by atoms with E-state index in [0.29, 0.717) is 22.6 Å². The van der Waals surface area contributed by atoms with Crippen LogP contribution in [0, 0.1) is 0 Å². The number of likely N-dealkylation sites (N-methyl/N-ethyl adjacent to an activating group) is 1. The van der Waals surface area contributed by atoms with Gasteiger partial charge in [-0.15, -0.1) is 0 Å². The molecule has 0 heterocycles. The Morgan fingerprint density at radius 1 is 1.22 bits per heavy atom. The molecule has 0 aliphatic heterocycles. The molecule has 2 unspecified atom stereocenters. The van der Waals surface area contributed by atoms with Crippen molar-refractivity contribution >= 4 is 23.2 Å². The maximum absolute atomic E-state index is 6.05. The lowest BCUT2D eigenvalue weighted by Gasteiger charge is -2.33. The summed E-state index contributed by atoms with van der Waals surface area (Å²) in [6, 6.07) is 6.28. The first kappa shape index (κ1) is 15.8. The highest BCUT2D eigenvalue weighted by molar-refractivity contribution is 6.34. The van der Waals surface area contributed by atoms with E-state index in [4.69, 9.17) is 28.9 Å². The molecule has 1 aromatic carbocycles. The van der Waals surface area contributed by atoms with Gasteiger partial charge in [0.05, 0.1) is 0 Å². The molecule has 0 fully saturated rings. The van der Waals surface area contributed by atoms with Crippen molar-refractivity contribution in [2.45, 2.75) is 38.8 Å². The molecule has 4 heteroatoms. The lowest BCUT2D eigenvalue weighted by Crippen LogP contribution is -2.37. The quantitative estimate of drug-likeness (QED) is 0.853. The summed E-state index contributed by atoms with van der Waals surface area (Å²) in [6.45, 7) is 4.97. The third-order valence-electron chi connectivity index (χ3n) is 3.39. The van der Waals surface area contributed by atoms with Gasteiger partial charge in [-0.2, -0.15) is 0 Å². The Labute approximate surface area is 120 Å². The summed E-state index contributed by atoms with van der Waals surface area (Å²) < 4.78 is 0. The van der Waals surface area contributed by atoms with E-state index in [0.717, 1.165) is 12.0 Å². The first-order valence-corrected chi connectivity index (χ1v) is 7.13. The number of rotatable bonds is 6. The Morgan fingerprint density at radius 2 is 1.78 bits per heavy atom. The molecule has 1 aromatic rings. The molecule has 0 aliphatic carbocycles. The fraction of sp³-hybridized carbons (Fsp3) is 0.571. The summed E-state index contributed by atoms with van der Waals surface area (Å²) >= 11 is 12.1. The number of hydrogen-bond acceptors (Lipinski definition) is 2. The molecule has 0 aromatic heterocycles. The minimum absolute atomic E-state index is 0.155. The van der Waals surface area contributed by atoms with Crippen molar-refractivity contribution in [3.8, 4) is 0 Å².